The van der Waals surface area contributed by atoms with Crippen molar-refractivity contribution in [2.24, 2.45) is 0 Å². The first-order chi connectivity index (χ1) is 15.0. The van der Waals surface area contributed by atoms with Crippen LogP contribution in [0.25, 0.3) is 0 Å². The summed E-state index contributed by atoms with van der Waals surface area (Å²) in [4.78, 5) is 13.3. The molecule has 0 spiro atoms. The average Bonchev–Trinajstić information content (AvgIpc) is 2.78. The van der Waals surface area contributed by atoms with Crippen LogP contribution in [0.4, 0.5) is 23.0 Å². The van der Waals surface area contributed by atoms with Crippen molar-refractivity contribution in [1.29, 1.82) is 0 Å². The molecule has 1 saturated heterocycles. The van der Waals surface area contributed by atoms with Gasteiger partial charge in [0, 0.05) is 37.9 Å². The minimum Gasteiger partial charge on any atom is -0.494 e. The Balaban J connectivity index is 1.54. The molecule has 0 amide bonds. The van der Waals surface area contributed by atoms with Gasteiger partial charge in [0.25, 0.3) is 0 Å². The molecule has 2 aromatic carbocycles. The molecule has 0 radical (unpaired) electrons. The normalized spacial score (nSPS) is 14.4. The number of nitrogens with zero attached hydrogens (tertiary/aromatic N) is 4. The zero-order chi connectivity index (χ0) is 21.8. The molecule has 0 atom stereocenters. The number of halogens is 1. The minimum absolute atomic E-state index is 0.213. The molecule has 1 aliphatic heterocycles. The van der Waals surface area contributed by atoms with Gasteiger partial charge in [0.15, 0.2) is 5.75 Å². The lowest BCUT2D eigenvalue weighted by molar-refractivity contribution is 0.312. The van der Waals surface area contributed by atoms with Crippen molar-refractivity contribution in [1.82, 2.24) is 14.9 Å². The molecule has 162 valence electrons. The smallest absolute Gasteiger partial charge is 0.243 e. The van der Waals surface area contributed by atoms with Crippen LogP contribution < -0.4 is 25.4 Å². The second-order valence-corrected chi connectivity index (χ2v) is 7.69. The number of likely N-dealkylation sites (N-methyl/N-ethyl adjacent to an activating group) is 1. The lowest BCUT2D eigenvalue weighted by atomic mass is 10.2. The quantitative estimate of drug-likeness (QED) is 0.556. The van der Waals surface area contributed by atoms with E-state index in [0.717, 1.165) is 37.6 Å². The molecule has 2 heterocycles. The number of rotatable bonds is 6. The van der Waals surface area contributed by atoms with E-state index in [0.29, 0.717) is 23.1 Å². The summed E-state index contributed by atoms with van der Waals surface area (Å²) in [7, 11) is 3.78. The topological polar surface area (TPSA) is 88.8 Å². The van der Waals surface area contributed by atoms with E-state index in [4.69, 9.17) is 26.8 Å². The van der Waals surface area contributed by atoms with E-state index < -0.39 is 0 Å². The number of nitrogens with two attached hydrogens (primary N) is 1. The molecule has 8 nitrogen and oxygen atoms in total. The third-order valence-corrected chi connectivity index (χ3v) is 5.40. The summed E-state index contributed by atoms with van der Waals surface area (Å²) in [5.41, 5.74) is 8.31. The highest BCUT2D eigenvalue weighted by molar-refractivity contribution is 6.31. The number of hydrogen-bond donors (Lipinski definition) is 2. The summed E-state index contributed by atoms with van der Waals surface area (Å²) in [6.45, 7) is 4.04. The van der Waals surface area contributed by atoms with E-state index in [2.05, 4.69) is 38.2 Å². The first-order valence-electron chi connectivity index (χ1n) is 9.97. The van der Waals surface area contributed by atoms with Crippen molar-refractivity contribution in [3.63, 3.8) is 0 Å². The summed E-state index contributed by atoms with van der Waals surface area (Å²) < 4.78 is 11.4. The van der Waals surface area contributed by atoms with Crippen LogP contribution in [0.1, 0.15) is 0 Å². The highest BCUT2D eigenvalue weighted by Crippen LogP contribution is 2.34. The Labute approximate surface area is 186 Å². The van der Waals surface area contributed by atoms with Gasteiger partial charge in [-0.2, -0.15) is 4.98 Å². The third kappa shape index (κ3) is 4.92. The molecule has 0 bridgehead atoms. The molecular formula is C22H25ClN6O2. The summed E-state index contributed by atoms with van der Waals surface area (Å²) in [5, 5.41) is 3.47. The Morgan fingerprint density at radius 2 is 1.84 bits per heavy atom. The second-order valence-electron chi connectivity index (χ2n) is 7.29. The molecule has 4 rings (SSSR count). The molecule has 9 heteroatoms. The van der Waals surface area contributed by atoms with Gasteiger partial charge < -0.3 is 30.3 Å². The first kappa shape index (κ1) is 21.0. The van der Waals surface area contributed by atoms with Crippen molar-refractivity contribution in [3.05, 3.63) is 53.7 Å². The van der Waals surface area contributed by atoms with Crippen molar-refractivity contribution in [2.75, 3.05) is 56.3 Å². The fourth-order valence-corrected chi connectivity index (χ4v) is 3.46. The molecule has 0 unspecified atom stereocenters. The first-order valence-corrected chi connectivity index (χ1v) is 10.3. The van der Waals surface area contributed by atoms with E-state index in [1.54, 1.807) is 19.2 Å². The molecule has 1 fully saturated rings. The number of benzene rings is 2. The van der Waals surface area contributed by atoms with Gasteiger partial charge in [-0.15, -0.1) is 0 Å². The number of hydrogen-bond acceptors (Lipinski definition) is 8. The van der Waals surface area contributed by atoms with Crippen LogP contribution in [0.5, 0.6) is 17.4 Å². The van der Waals surface area contributed by atoms with Crippen LogP contribution in [0.2, 0.25) is 5.02 Å². The van der Waals surface area contributed by atoms with E-state index in [1.807, 2.05) is 24.3 Å². The molecule has 1 aliphatic rings. The summed E-state index contributed by atoms with van der Waals surface area (Å²) in [5.74, 6) is 1.72. The van der Waals surface area contributed by atoms with Gasteiger partial charge in [-0.1, -0.05) is 23.7 Å². The van der Waals surface area contributed by atoms with Gasteiger partial charge in [-0.3, -0.25) is 0 Å². The van der Waals surface area contributed by atoms with E-state index in [9.17, 15) is 0 Å². The standard InChI is InChI=1S/C22H25ClN6O2/c1-28-9-11-29(12-10-28)15-7-8-18(20(13-15)30-2)26-22-25-14-16(23)21(27-22)31-19-6-4-3-5-17(19)24/h3-8,13-14H,9-12,24H2,1-2H3,(H,25,26,27). The largest absolute Gasteiger partial charge is 0.494 e. The predicted molar refractivity (Wildman–Crippen MR) is 124 cm³/mol. The van der Waals surface area contributed by atoms with Crippen molar-refractivity contribution in [3.8, 4) is 17.4 Å². The summed E-state index contributed by atoms with van der Waals surface area (Å²) in [6.07, 6.45) is 1.48. The number of piperazine rings is 1. The van der Waals surface area contributed by atoms with Crippen molar-refractivity contribution in [2.45, 2.75) is 0 Å². The lowest BCUT2D eigenvalue weighted by Gasteiger charge is -2.34. The highest BCUT2D eigenvalue weighted by atomic mass is 35.5. The van der Waals surface area contributed by atoms with Gasteiger partial charge in [-0.25, -0.2) is 4.98 Å². The van der Waals surface area contributed by atoms with Crippen LogP contribution in [0.3, 0.4) is 0 Å². The number of para-hydroxylation sites is 2. The number of nitrogens with one attached hydrogen (secondary N) is 1. The van der Waals surface area contributed by atoms with Crippen LogP contribution in [0.15, 0.2) is 48.7 Å². The molecule has 3 N–H and O–H groups in total. The van der Waals surface area contributed by atoms with Gasteiger partial charge >= 0.3 is 0 Å². The minimum atomic E-state index is 0.213. The number of nitrogen functional groups attached to an aromatic ring is 1. The van der Waals surface area contributed by atoms with Gasteiger partial charge in [0.05, 0.1) is 24.7 Å². The molecule has 0 aliphatic carbocycles. The zero-order valence-corrected chi connectivity index (χ0v) is 18.3. The maximum atomic E-state index is 6.22. The second kappa shape index (κ2) is 9.28. The van der Waals surface area contributed by atoms with Crippen molar-refractivity contribution >= 4 is 34.6 Å². The lowest BCUT2D eigenvalue weighted by Crippen LogP contribution is -2.44. The average molecular weight is 441 g/mol. The molecule has 31 heavy (non-hydrogen) atoms. The highest BCUT2D eigenvalue weighted by Gasteiger charge is 2.17. The Hall–Kier alpha value is -3.23. The van der Waals surface area contributed by atoms with Gasteiger partial charge in [0.1, 0.15) is 10.8 Å². The number of anilines is 4. The zero-order valence-electron chi connectivity index (χ0n) is 17.5. The summed E-state index contributed by atoms with van der Waals surface area (Å²) >= 11 is 6.22. The van der Waals surface area contributed by atoms with E-state index in [-0.39, 0.29) is 10.9 Å². The monoisotopic (exact) mass is 440 g/mol. The van der Waals surface area contributed by atoms with Crippen LogP contribution >= 0.6 is 11.6 Å². The van der Waals surface area contributed by atoms with E-state index >= 15 is 0 Å². The molecule has 0 saturated carbocycles. The van der Waals surface area contributed by atoms with Crippen molar-refractivity contribution < 1.29 is 9.47 Å². The number of methoxy groups -OCH3 is 1. The van der Waals surface area contributed by atoms with Crippen LogP contribution in [-0.4, -0.2) is 55.2 Å². The van der Waals surface area contributed by atoms with Crippen LogP contribution in [0, 0.1) is 0 Å². The van der Waals surface area contributed by atoms with Gasteiger partial charge in [0.2, 0.25) is 11.8 Å². The molecular weight excluding hydrogens is 416 g/mol. The Morgan fingerprint density at radius 1 is 1.06 bits per heavy atom. The Morgan fingerprint density at radius 3 is 2.58 bits per heavy atom. The SMILES string of the molecule is COc1cc(N2CCN(C)CC2)ccc1Nc1ncc(Cl)c(Oc2ccccc2N)n1. The number of ether oxygens (including phenoxy) is 2. The fourth-order valence-electron chi connectivity index (χ4n) is 3.33. The Kier molecular flexibility index (Phi) is 6.29. The maximum absolute atomic E-state index is 6.22. The fraction of sp³-hybridized carbons (Fsp3) is 0.273. The third-order valence-electron chi connectivity index (χ3n) is 5.14. The Bertz CT molecular complexity index is 1060. The number of aromatic nitrogens is 2. The molecule has 3 aromatic rings. The van der Waals surface area contributed by atoms with Gasteiger partial charge in [-0.05, 0) is 31.3 Å². The summed E-state index contributed by atoms with van der Waals surface area (Å²) in [6, 6.07) is 13.2. The predicted octanol–water partition coefficient (Wildman–Crippen LogP) is 4.01. The van der Waals surface area contributed by atoms with E-state index in [1.165, 1.54) is 6.20 Å². The van der Waals surface area contributed by atoms with Crippen LogP contribution in [-0.2, 0) is 0 Å². The molecule has 1 aromatic heterocycles. The maximum Gasteiger partial charge on any atom is 0.243 e.